The van der Waals surface area contributed by atoms with Gasteiger partial charge >= 0.3 is 0 Å². The molecular weight excluding hydrogens is 230 g/mol. The van der Waals surface area contributed by atoms with Crippen LogP contribution in [0.2, 0.25) is 0 Å². The molecule has 1 heterocycles. The van der Waals surface area contributed by atoms with Gasteiger partial charge in [-0.05, 0) is 0 Å². The smallest absolute Gasteiger partial charge is 0.226 e. The summed E-state index contributed by atoms with van der Waals surface area (Å²) >= 11 is 0. The van der Waals surface area contributed by atoms with Gasteiger partial charge in [0.2, 0.25) is 17.8 Å². The van der Waals surface area contributed by atoms with Gasteiger partial charge in [0.05, 0.1) is 25.4 Å². The van der Waals surface area contributed by atoms with Gasteiger partial charge in [-0.25, -0.2) is 0 Å². The van der Waals surface area contributed by atoms with Crippen LogP contribution < -0.4 is 22.9 Å². The molecular formula is C7H17N7O3. The average molecular weight is 247 g/mol. The molecule has 0 bridgehead atoms. The molecule has 0 fully saturated rings. The van der Waals surface area contributed by atoms with Crippen molar-refractivity contribution in [1.29, 1.82) is 0 Å². The number of aliphatic hydroxyl groups excluding tert-OH is 3. The van der Waals surface area contributed by atoms with Crippen molar-refractivity contribution < 1.29 is 15.3 Å². The highest BCUT2D eigenvalue weighted by atomic mass is 16.3. The summed E-state index contributed by atoms with van der Waals surface area (Å²) in [5.41, 5.74) is 19.3. The lowest BCUT2D eigenvalue weighted by atomic mass is 10.1. The summed E-state index contributed by atoms with van der Waals surface area (Å²) in [6.07, 6.45) is 0. The number of nitrogen functional groups attached to an aromatic ring is 3. The highest BCUT2D eigenvalue weighted by molar-refractivity contribution is 5.33. The van der Waals surface area contributed by atoms with Crippen molar-refractivity contribution in [3.8, 4) is 0 Å². The number of rotatable bonds is 3. The summed E-state index contributed by atoms with van der Waals surface area (Å²) in [6, 6.07) is 0. The van der Waals surface area contributed by atoms with Crippen LogP contribution in [0.5, 0.6) is 0 Å². The first-order valence-electron chi connectivity index (χ1n) is 4.51. The van der Waals surface area contributed by atoms with Crippen molar-refractivity contribution in [2.45, 2.75) is 5.54 Å². The Morgan fingerprint density at radius 1 is 0.765 bits per heavy atom. The zero-order chi connectivity index (χ0) is 13.5. The Morgan fingerprint density at radius 3 is 1.12 bits per heavy atom. The molecule has 0 saturated heterocycles. The second kappa shape index (κ2) is 6.75. The minimum Gasteiger partial charge on any atom is -0.394 e. The van der Waals surface area contributed by atoms with E-state index >= 15 is 0 Å². The van der Waals surface area contributed by atoms with Crippen LogP contribution in [0.25, 0.3) is 0 Å². The Morgan fingerprint density at radius 2 is 1.00 bits per heavy atom. The van der Waals surface area contributed by atoms with E-state index in [0.717, 1.165) is 0 Å². The van der Waals surface area contributed by atoms with E-state index in [1.54, 1.807) is 0 Å². The predicted molar refractivity (Wildman–Crippen MR) is 61.2 cm³/mol. The van der Waals surface area contributed by atoms with E-state index in [1.807, 2.05) is 0 Å². The van der Waals surface area contributed by atoms with Crippen molar-refractivity contribution in [2.75, 3.05) is 37.0 Å². The molecule has 17 heavy (non-hydrogen) atoms. The van der Waals surface area contributed by atoms with Gasteiger partial charge in [-0.1, -0.05) is 0 Å². The molecule has 11 N–H and O–H groups in total. The van der Waals surface area contributed by atoms with E-state index in [1.165, 1.54) is 0 Å². The number of hydrogen-bond donors (Lipinski definition) is 7. The summed E-state index contributed by atoms with van der Waals surface area (Å²) < 4.78 is 0. The summed E-state index contributed by atoms with van der Waals surface area (Å²) in [6.45, 7) is -1.21. The highest BCUT2D eigenvalue weighted by Gasteiger charge is 2.20. The van der Waals surface area contributed by atoms with Gasteiger partial charge in [0.15, 0.2) is 0 Å². The SMILES string of the molecule is NC(CO)(CO)CO.Nc1nc(N)nc(N)n1. The summed E-state index contributed by atoms with van der Waals surface area (Å²) in [7, 11) is 0. The topological polar surface area (TPSA) is 203 Å². The minimum atomic E-state index is -1.21. The Balaban J connectivity index is 0.000000304. The molecule has 1 aromatic heterocycles. The maximum absolute atomic E-state index is 8.34. The Labute approximate surface area is 97.3 Å². The first-order chi connectivity index (χ1) is 7.86. The van der Waals surface area contributed by atoms with Gasteiger partial charge in [-0.3, -0.25) is 0 Å². The standard InChI is InChI=1S/C4H11NO3.C3H6N6/c5-4(1-6,2-7)3-8;4-1-7-2(5)9-3(6)8-1/h6-8H,1-3,5H2;(H6,4,5,6,7,8,9). The Bertz CT molecular complexity index is 285. The Kier molecular flexibility index (Phi) is 6.06. The Hall–Kier alpha value is -1.75. The molecule has 0 unspecified atom stereocenters. The van der Waals surface area contributed by atoms with Crippen molar-refractivity contribution in [3.63, 3.8) is 0 Å². The third kappa shape index (κ3) is 5.77. The van der Waals surface area contributed by atoms with Gasteiger partial charge in [0.1, 0.15) is 0 Å². The monoisotopic (exact) mass is 247 g/mol. The van der Waals surface area contributed by atoms with Crippen LogP contribution >= 0.6 is 0 Å². The van der Waals surface area contributed by atoms with Crippen LogP contribution in [0.3, 0.4) is 0 Å². The average Bonchev–Trinajstić information content (AvgIpc) is 2.27. The lowest BCUT2D eigenvalue weighted by Gasteiger charge is -2.20. The molecule has 98 valence electrons. The molecule has 0 amide bonds. The third-order valence-electron chi connectivity index (χ3n) is 1.63. The van der Waals surface area contributed by atoms with Gasteiger partial charge in [0, 0.05) is 0 Å². The number of anilines is 3. The largest absolute Gasteiger partial charge is 0.394 e. The van der Waals surface area contributed by atoms with Crippen molar-refractivity contribution >= 4 is 17.8 Å². The zero-order valence-electron chi connectivity index (χ0n) is 9.11. The lowest BCUT2D eigenvalue weighted by molar-refractivity contribution is 0.0698. The second-order valence-corrected chi connectivity index (χ2v) is 3.25. The van der Waals surface area contributed by atoms with E-state index < -0.39 is 25.4 Å². The predicted octanol–water partition coefficient (Wildman–Crippen LogP) is -3.72. The van der Waals surface area contributed by atoms with E-state index in [9.17, 15) is 0 Å². The molecule has 0 aliphatic rings. The van der Waals surface area contributed by atoms with Crippen LogP contribution in [0.15, 0.2) is 0 Å². The van der Waals surface area contributed by atoms with Gasteiger partial charge in [-0.2, -0.15) is 15.0 Å². The second-order valence-electron chi connectivity index (χ2n) is 3.25. The van der Waals surface area contributed by atoms with Crippen LogP contribution in [-0.2, 0) is 0 Å². The van der Waals surface area contributed by atoms with Crippen molar-refractivity contribution in [3.05, 3.63) is 0 Å². The summed E-state index contributed by atoms with van der Waals surface area (Å²) in [5, 5.41) is 25.0. The van der Waals surface area contributed by atoms with Gasteiger partial charge in [-0.15, -0.1) is 0 Å². The molecule has 0 aromatic carbocycles. The molecule has 0 aliphatic carbocycles. The third-order valence-corrected chi connectivity index (χ3v) is 1.63. The fraction of sp³-hybridized carbons (Fsp3) is 0.571. The number of nitrogens with zero attached hydrogens (tertiary/aromatic N) is 3. The molecule has 1 aromatic rings. The van der Waals surface area contributed by atoms with Crippen LogP contribution in [0, 0.1) is 0 Å². The van der Waals surface area contributed by atoms with E-state index in [4.69, 9.17) is 38.3 Å². The fourth-order valence-electron chi connectivity index (χ4n) is 0.577. The van der Waals surface area contributed by atoms with Gasteiger partial charge in [0.25, 0.3) is 0 Å². The number of aromatic nitrogens is 3. The molecule has 0 saturated carbocycles. The number of hydrogen-bond acceptors (Lipinski definition) is 10. The molecule has 0 aliphatic heterocycles. The summed E-state index contributed by atoms with van der Waals surface area (Å²) in [5.74, 6) is 0.125. The van der Waals surface area contributed by atoms with Crippen molar-refractivity contribution in [2.24, 2.45) is 5.73 Å². The van der Waals surface area contributed by atoms with E-state index in [0.29, 0.717) is 0 Å². The zero-order valence-corrected chi connectivity index (χ0v) is 9.11. The highest BCUT2D eigenvalue weighted by Crippen LogP contribution is 1.97. The molecule has 10 nitrogen and oxygen atoms in total. The minimum absolute atomic E-state index is 0.0417. The van der Waals surface area contributed by atoms with Crippen LogP contribution in [0.1, 0.15) is 0 Å². The first-order valence-corrected chi connectivity index (χ1v) is 4.51. The maximum Gasteiger partial charge on any atom is 0.226 e. The van der Waals surface area contributed by atoms with E-state index in [2.05, 4.69) is 15.0 Å². The molecule has 10 heteroatoms. The molecule has 0 radical (unpaired) electrons. The molecule has 0 spiro atoms. The van der Waals surface area contributed by atoms with Gasteiger partial charge < -0.3 is 38.3 Å². The molecule has 1 rings (SSSR count). The fourth-order valence-corrected chi connectivity index (χ4v) is 0.577. The van der Waals surface area contributed by atoms with Crippen LogP contribution in [-0.4, -0.2) is 55.6 Å². The molecule has 0 atom stereocenters. The summed E-state index contributed by atoms with van der Waals surface area (Å²) in [4.78, 5) is 10.5. The normalized spacial score (nSPS) is 10.6. The van der Waals surface area contributed by atoms with E-state index in [-0.39, 0.29) is 17.8 Å². The first kappa shape index (κ1) is 15.2. The van der Waals surface area contributed by atoms with Crippen LogP contribution in [0.4, 0.5) is 17.8 Å². The lowest BCUT2D eigenvalue weighted by Crippen LogP contribution is -2.50. The quantitative estimate of drug-likeness (QED) is 0.278. The number of aliphatic hydroxyl groups is 3. The maximum atomic E-state index is 8.34. The number of nitrogens with two attached hydrogens (primary N) is 4. The van der Waals surface area contributed by atoms with Crippen molar-refractivity contribution in [1.82, 2.24) is 15.0 Å².